The first kappa shape index (κ1) is 12.4. The van der Waals surface area contributed by atoms with Crippen molar-refractivity contribution in [2.45, 2.75) is 24.9 Å². The topological polar surface area (TPSA) is 75.6 Å². The van der Waals surface area contributed by atoms with E-state index >= 15 is 0 Å². The second-order valence-corrected chi connectivity index (χ2v) is 4.50. The Hall–Kier alpha value is -0.650. The van der Waals surface area contributed by atoms with E-state index in [1.165, 1.54) is 6.42 Å². The third-order valence-electron chi connectivity index (χ3n) is 3.10. The van der Waals surface area contributed by atoms with Crippen molar-refractivity contribution < 1.29 is 4.79 Å². The summed E-state index contributed by atoms with van der Waals surface area (Å²) in [5, 5.41) is 0. The van der Waals surface area contributed by atoms with Gasteiger partial charge in [-0.2, -0.15) is 0 Å². The van der Waals surface area contributed by atoms with Crippen LogP contribution in [0.4, 0.5) is 0 Å². The third kappa shape index (κ3) is 3.77. The van der Waals surface area contributed by atoms with Gasteiger partial charge in [0.05, 0.1) is 6.04 Å². The highest BCUT2D eigenvalue weighted by Gasteiger charge is 2.24. The van der Waals surface area contributed by atoms with Crippen molar-refractivity contribution in [3.05, 3.63) is 0 Å². The minimum atomic E-state index is -0.497. The lowest BCUT2D eigenvalue weighted by Gasteiger charge is -2.20. The first-order valence-corrected chi connectivity index (χ1v) is 5.44. The normalized spacial score (nSPS) is 24.7. The van der Waals surface area contributed by atoms with Crippen molar-refractivity contribution in [2.24, 2.45) is 11.5 Å². The molecule has 0 aliphatic carbocycles. The van der Waals surface area contributed by atoms with Crippen LogP contribution >= 0.6 is 0 Å². The number of hydrogen-bond donors (Lipinski definition) is 2. The monoisotopic (exact) mass is 214 g/mol. The van der Waals surface area contributed by atoms with Crippen LogP contribution in [0.1, 0.15) is 12.8 Å². The van der Waals surface area contributed by atoms with E-state index in [-0.39, 0.29) is 0 Å². The molecule has 1 saturated heterocycles. The average molecular weight is 214 g/mol. The molecule has 0 bridgehead atoms. The minimum Gasteiger partial charge on any atom is -0.368 e. The van der Waals surface area contributed by atoms with E-state index in [4.69, 9.17) is 11.5 Å². The number of primary amides is 1. The molecule has 1 aliphatic rings. The maximum Gasteiger partial charge on any atom is 0.234 e. The number of likely N-dealkylation sites (N-methyl/N-ethyl adjacent to an activating group) is 1. The summed E-state index contributed by atoms with van der Waals surface area (Å²) in [4.78, 5) is 15.3. The third-order valence-corrected chi connectivity index (χ3v) is 3.10. The molecule has 0 aromatic rings. The SMILES string of the molecule is CN(C)C1CCN(CCC(N)C(N)=O)C1. The fourth-order valence-electron chi connectivity index (χ4n) is 1.90. The Balaban J connectivity index is 2.22. The number of nitrogens with two attached hydrogens (primary N) is 2. The molecule has 0 radical (unpaired) electrons. The molecule has 1 amide bonds. The number of likely N-dealkylation sites (tertiary alicyclic amines) is 1. The lowest BCUT2D eigenvalue weighted by molar-refractivity contribution is -0.119. The Morgan fingerprint density at radius 2 is 2.27 bits per heavy atom. The fourth-order valence-corrected chi connectivity index (χ4v) is 1.90. The van der Waals surface area contributed by atoms with Crippen molar-refractivity contribution in [3.8, 4) is 0 Å². The summed E-state index contributed by atoms with van der Waals surface area (Å²) in [6.45, 7) is 3.03. The Kier molecular flexibility index (Phi) is 4.50. The molecular formula is C10H22N4O. The largest absolute Gasteiger partial charge is 0.368 e. The van der Waals surface area contributed by atoms with Crippen molar-refractivity contribution in [2.75, 3.05) is 33.7 Å². The molecule has 1 fully saturated rings. The molecule has 1 aliphatic heterocycles. The van der Waals surface area contributed by atoms with Crippen LogP contribution in [-0.2, 0) is 4.79 Å². The van der Waals surface area contributed by atoms with Crippen LogP contribution in [-0.4, -0.2) is 61.5 Å². The number of rotatable bonds is 5. The van der Waals surface area contributed by atoms with Gasteiger partial charge in [-0.05, 0) is 33.5 Å². The molecule has 5 heteroatoms. The summed E-state index contributed by atoms with van der Waals surface area (Å²) in [7, 11) is 4.20. The molecule has 88 valence electrons. The molecule has 1 rings (SSSR count). The van der Waals surface area contributed by atoms with E-state index < -0.39 is 11.9 Å². The average Bonchev–Trinajstić information content (AvgIpc) is 2.62. The van der Waals surface area contributed by atoms with E-state index in [0.29, 0.717) is 12.5 Å². The summed E-state index contributed by atoms with van der Waals surface area (Å²) in [5.74, 6) is -0.404. The summed E-state index contributed by atoms with van der Waals surface area (Å²) < 4.78 is 0. The van der Waals surface area contributed by atoms with Crippen LogP contribution in [0.25, 0.3) is 0 Å². The quantitative estimate of drug-likeness (QED) is 0.604. The number of nitrogens with zero attached hydrogens (tertiary/aromatic N) is 2. The Morgan fingerprint density at radius 3 is 2.73 bits per heavy atom. The Labute approximate surface area is 91.4 Å². The molecule has 5 nitrogen and oxygen atoms in total. The molecular weight excluding hydrogens is 192 g/mol. The Bertz CT molecular complexity index is 219. The van der Waals surface area contributed by atoms with Crippen molar-refractivity contribution in [3.63, 3.8) is 0 Å². The van der Waals surface area contributed by atoms with Gasteiger partial charge in [-0.1, -0.05) is 0 Å². The van der Waals surface area contributed by atoms with Gasteiger partial charge >= 0.3 is 0 Å². The lowest BCUT2D eigenvalue weighted by atomic mass is 10.2. The van der Waals surface area contributed by atoms with Gasteiger partial charge in [0.1, 0.15) is 0 Å². The zero-order chi connectivity index (χ0) is 11.4. The van der Waals surface area contributed by atoms with E-state index in [1.54, 1.807) is 0 Å². The van der Waals surface area contributed by atoms with Crippen LogP contribution in [0, 0.1) is 0 Å². The van der Waals surface area contributed by atoms with Gasteiger partial charge in [0, 0.05) is 19.1 Å². The Morgan fingerprint density at radius 1 is 1.60 bits per heavy atom. The van der Waals surface area contributed by atoms with Gasteiger partial charge in [0.2, 0.25) is 5.91 Å². The maximum absolute atomic E-state index is 10.7. The number of amides is 1. The van der Waals surface area contributed by atoms with Crippen molar-refractivity contribution >= 4 is 5.91 Å². The fraction of sp³-hybridized carbons (Fsp3) is 0.900. The molecule has 0 aromatic heterocycles. The predicted molar refractivity (Wildman–Crippen MR) is 60.3 cm³/mol. The van der Waals surface area contributed by atoms with Gasteiger partial charge in [-0.25, -0.2) is 0 Å². The van der Waals surface area contributed by atoms with Crippen LogP contribution < -0.4 is 11.5 Å². The summed E-state index contributed by atoms with van der Waals surface area (Å²) in [6.07, 6.45) is 1.86. The van der Waals surface area contributed by atoms with Gasteiger partial charge < -0.3 is 21.3 Å². The smallest absolute Gasteiger partial charge is 0.234 e. The highest BCUT2D eigenvalue weighted by molar-refractivity contribution is 5.79. The standard InChI is InChI=1S/C10H22N4O/c1-13(2)8-3-5-14(7-8)6-4-9(11)10(12)15/h8-9H,3-7,11H2,1-2H3,(H2,12,15). The zero-order valence-electron chi connectivity index (χ0n) is 9.65. The second kappa shape index (κ2) is 5.44. The van der Waals surface area contributed by atoms with Crippen molar-refractivity contribution in [1.82, 2.24) is 9.80 Å². The molecule has 2 unspecified atom stereocenters. The summed E-state index contributed by atoms with van der Waals surface area (Å²) >= 11 is 0. The first-order chi connectivity index (χ1) is 7.00. The van der Waals surface area contributed by atoms with E-state index in [2.05, 4.69) is 23.9 Å². The lowest BCUT2D eigenvalue weighted by Crippen LogP contribution is -2.40. The van der Waals surface area contributed by atoms with Crippen LogP contribution in [0.2, 0.25) is 0 Å². The second-order valence-electron chi connectivity index (χ2n) is 4.50. The number of hydrogen-bond acceptors (Lipinski definition) is 4. The molecule has 2 atom stereocenters. The van der Waals surface area contributed by atoms with Gasteiger partial charge in [-0.3, -0.25) is 4.79 Å². The molecule has 0 aromatic carbocycles. The van der Waals surface area contributed by atoms with Gasteiger partial charge in [0.15, 0.2) is 0 Å². The van der Waals surface area contributed by atoms with Gasteiger partial charge in [0.25, 0.3) is 0 Å². The molecule has 15 heavy (non-hydrogen) atoms. The highest BCUT2D eigenvalue weighted by Crippen LogP contribution is 2.13. The van der Waals surface area contributed by atoms with Crippen LogP contribution in [0.3, 0.4) is 0 Å². The van der Waals surface area contributed by atoms with Crippen LogP contribution in [0.5, 0.6) is 0 Å². The highest BCUT2D eigenvalue weighted by atomic mass is 16.1. The number of carbonyl (C=O) groups excluding carboxylic acids is 1. The van der Waals surface area contributed by atoms with E-state index in [0.717, 1.165) is 19.6 Å². The first-order valence-electron chi connectivity index (χ1n) is 5.44. The molecule has 1 heterocycles. The molecule has 4 N–H and O–H groups in total. The number of carbonyl (C=O) groups is 1. The van der Waals surface area contributed by atoms with E-state index in [9.17, 15) is 4.79 Å². The molecule has 0 spiro atoms. The van der Waals surface area contributed by atoms with E-state index in [1.807, 2.05) is 0 Å². The van der Waals surface area contributed by atoms with Crippen molar-refractivity contribution in [1.29, 1.82) is 0 Å². The minimum absolute atomic E-state index is 0.404. The molecule has 0 saturated carbocycles. The summed E-state index contributed by atoms with van der Waals surface area (Å²) in [5.41, 5.74) is 10.7. The predicted octanol–water partition coefficient (Wildman–Crippen LogP) is -1.17. The van der Waals surface area contributed by atoms with Gasteiger partial charge in [-0.15, -0.1) is 0 Å². The maximum atomic E-state index is 10.7. The van der Waals surface area contributed by atoms with Crippen LogP contribution in [0.15, 0.2) is 0 Å². The summed E-state index contributed by atoms with van der Waals surface area (Å²) in [6, 6.07) is 0.137. The zero-order valence-corrected chi connectivity index (χ0v) is 9.65.